The van der Waals surface area contributed by atoms with Crippen LogP contribution in [-0.4, -0.2) is 34.5 Å². The van der Waals surface area contributed by atoms with Gasteiger partial charge in [0.15, 0.2) is 17.5 Å². The molecule has 4 aliphatic rings. The number of hydrogen-bond donors (Lipinski definition) is 0. The summed E-state index contributed by atoms with van der Waals surface area (Å²) in [6.45, 7) is 0. The van der Waals surface area contributed by atoms with Crippen LogP contribution >= 0.6 is 23.5 Å². The second-order valence-corrected chi connectivity index (χ2v) is 35.0. The molecule has 0 saturated heterocycles. The third kappa shape index (κ3) is 10.8. The van der Waals surface area contributed by atoms with Gasteiger partial charge in [-0.1, -0.05) is 351 Å². The Bertz CT molecular complexity index is 8390. The van der Waals surface area contributed by atoms with E-state index in [1.54, 1.807) is 0 Å². The van der Waals surface area contributed by atoms with E-state index in [9.17, 15) is 0 Å². The van der Waals surface area contributed by atoms with E-state index in [-0.39, 0.29) is 0 Å². The molecule has 0 amide bonds. The van der Waals surface area contributed by atoms with Gasteiger partial charge in [0.1, 0.15) is 17.0 Å². The monoisotopic (exact) mass is 1640 g/mol. The van der Waals surface area contributed by atoms with Crippen molar-refractivity contribution in [2.75, 3.05) is 0 Å². The van der Waals surface area contributed by atoms with Gasteiger partial charge < -0.3 is 4.42 Å². The van der Waals surface area contributed by atoms with Crippen LogP contribution in [0, 0.1) is 0 Å². The Morgan fingerprint density at radius 2 is 0.651 bits per heavy atom. The minimum Gasteiger partial charge on any atom is -0.455 e. The summed E-state index contributed by atoms with van der Waals surface area (Å²) in [5.41, 5.74) is 31.3. The molecule has 2 aliphatic carbocycles. The van der Waals surface area contributed by atoms with Gasteiger partial charge in [-0.2, -0.15) is 0 Å². The summed E-state index contributed by atoms with van der Waals surface area (Å²) >= 11 is 3.75. The van der Waals surface area contributed by atoms with Gasteiger partial charge in [-0.3, -0.25) is 4.57 Å². The summed E-state index contributed by atoms with van der Waals surface area (Å²) in [5, 5.41) is 8.92. The SMILES string of the molecule is c1ccc(-c2nc(-c3ccc4nc(-c5ccccc5)c5ccc6c(c5c4c3)-c3ccccc3C63c4ccccc4Sc4ccccc43)nc(-c3cccc4c3oc3ccccc34)n2)cc1.c1ccc(-c2nc3ccc(-c4ccc(-c5nc6ccccc6n5-c5ccccc5)cc4)cc3c3c4c(ccc23)C2(c3ccccc3Sc3ccccc32)c2ccccc2-4)cc1. The molecule has 0 atom stereocenters. The van der Waals surface area contributed by atoms with Crippen molar-refractivity contribution in [1.29, 1.82) is 0 Å². The standard InChI is InChI=1S/C59H34N4OS.C57H35N3S/c1-3-16-35(17-4-1)54-41-31-32-47-53(40-21-7-9-24-44(40)59(47)45-25-10-13-28-50(45)65-51-29-14-11-26-46(51)59)52(41)43-34-37(30-33-48(43)60-54)57-61-56(36-18-5-2-6-19-36)62-58(63-57)42-23-15-22-39-38-20-8-12-27-49(38)64-55(39)42;1-3-15-37(16-4-1)55-42-32-33-47-54(41-19-7-8-20-44(41)57(47)45-21-9-13-25-51(45)61-52-26-14-10-22-46(52)57)53(42)43-35-39(31-34-48(43)58-55)36-27-29-38(30-28-36)56-59-49-23-11-12-24-50(49)60(56)40-17-5-2-6-18-40/h1-34H;1-35H. The third-order valence-electron chi connectivity index (χ3n) is 26.2. The maximum Gasteiger partial charge on any atom is 0.167 e. The fraction of sp³-hybridized carbons (Fsp3) is 0.0172. The fourth-order valence-electron chi connectivity index (χ4n) is 21.0. The largest absolute Gasteiger partial charge is 0.455 e. The minimum atomic E-state index is -0.524. The molecule has 0 bridgehead atoms. The first-order valence-corrected chi connectivity index (χ1v) is 44.3. The zero-order chi connectivity index (χ0) is 82.7. The van der Waals surface area contributed by atoms with E-state index in [0.717, 1.165) is 138 Å². The number of fused-ring (bicyclic) bond motifs is 30. The molecule has 18 aromatic carbocycles. The number of benzene rings is 18. The smallest absolute Gasteiger partial charge is 0.167 e. The maximum atomic E-state index is 6.54. The fourth-order valence-corrected chi connectivity index (χ4v) is 23.3. The van der Waals surface area contributed by atoms with Gasteiger partial charge in [-0.15, -0.1) is 0 Å². The molecule has 586 valence electrons. The van der Waals surface area contributed by atoms with E-state index in [1.807, 2.05) is 78.1 Å². The molecule has 7 heterocycles. The molecule has 10 heteroatoms. The van der Waals surface area contributed by atoms with Crippen LogP contribution < -0.4 is 0 Å². The molecule has 8 nitrogen and oxygen atoms in total. The number of furan rings is 1. The average molecular weight is 1640 g/mol. The molecular formula is C116H69N7OS2. The van der Waals surface area contributed by atoms with Crippen molar-refractivity contribution < 1.29 is 4.42 Å². The Hall–Kier alpha value is -15.7. The summed E-state index contributed by atoms with van der Waals surface area (Å²) in [5.74, 6) is 2.63. The second-order valence-electron chi connectivity index (χ2n) is 32.8. The summed E-state index contributed by atoms with van der Waals surface area (Å²) in [6, 6.07) is 150. The van der Waals surface area contributed by atoms with Gasteiger partial charge in [-0.25, -0.2) is 29.9 Å². The van der Waals surface area contributed by atoms with Gasteiger partial charge in [-0.05, 0) is 169 Å². The quantitative estimate of drug-likeness (QED) is 0.138. The lowest BCUT2D eigenvalue weighted by molar-refractivity contribution is 0.669. The summed E-state index contributed by atoms with van der Waals surface area (Å²) in [6.07, 6.45) is 0. The Morgan fingerprint density at radius 1 is 0.238 bits per heavy atom. The van der Waals surface area contributed by atoms with Crippen molar-refractivity contribution in [1.82, 2.24) is 34.5 Å². The van der Waals surface area contributed by atoms with Crippen molar-refractivity contribution >= 4 is 99.8 Å². The Morgan fingerprint density at radius 3 is 1.21 bits per heavy atom. The van der Waals surface area contributed by atoms with E-state index >= 15 is 0 Å². The highest BCUT2D eigenvalue weighted by molar-refractivity contribution is 7.99. The first-order chi connectivity index (χ1) is 62.5. The van der Waals surface area contributed by atoms with Crippen LogP contribution in [0.4, 0.5) is 0 Å². The number of nitrogens with zero attached hydrogens (tertiary/aromatic N) is 7. The number of pyridine rings is 2. The van der Waals surface area contributed by atoms with Crippen LogP contribution in [0.1, 0.15) is 44.5 Å². The van der Waals surface area contributed by atoms with Gasteiger partial charge in [0, 0.05) is 96.2 Å². The number of rotatable bonds is 8. The minimum absolute atomic E-state index is 0.468. The maximum absolute atomic E-state index is 6.54. The van der Waals surface area contributed by atoms with E-state index in [1.165, 1.54) is 91.7 Å². The summed E-state index contributed by atoms with van der Waals surface area (Å²) in [7, 11) is 0. The average Bonchev–Trinajstić information content (AvgIpc) is 1.50. The number of hydrogen-bond acceptors (Lipinski definition) is 9. The molecule has 0 unspecified atom stereocenters. The van der Waals surface area contributed by atoms with E-state index in [4.69, 9.17) is 34.3 Å². The van der Waals surface area contributed by atoms with Crippen molar-refractivity contribution in [2.24, 2.45) is 0 Å². The molecule has 2 spiro atoms. The van der Waals surface area contributed by atoms with Crippen LogP contribution in [0.3, 0.4) is 0 Å². The second kappa shape index (κ2) is 28.4. The van der Waals surface area contributed by atoms with Gasteiger partial charge in [0.05, 0.1) is 49.8 Å². The zero-order valence-corrected chi connectivity index (χ0v) is 69.3. The highest BCUT2D eigenvalue weighted by Gasteiger charge is 2.53. The predicted octanol–water partition coefficient (Wildman–Crippen LogP) is 29.5. The van der Waals surface area contributed by atoms with Crippen LogP contribution in [0.2, 0.25) is 0 Å². The Labute approximate surface area is 734 Å². The predicted molar refractivity (Wildman–Crippen MR) is 515 cm³/mol. The Balaban J connectivity index is 0.000000134. The van der Waals surface area contributed by atoms with Crippen molar-refractivity contribution in [3.05, 3.63) is 463 Å². The number of aromatic nitrogens is 7. The lowest BCUT2D eigenvalue weighted by Gasteiger charge is -2.39. The molecular weight excluding hydrogens is 1570 g/mol. The van der Waals surface area contributed by atoms with Crippen LogP contribution in [-0.2, 0) is 10.8 Å². The van der Waals surface area contributed by atoms with Crippen LogP contribution in [0.25, 0.3) is 183 Å². The molecule has 0 saturated carbocycles. The van der Waals surface area contributed by atoms with Gasteiger partial charge in [0.2, 0.25) is 0 Å². The first kappa shape index (κ1) is 72.0. The van der Waals surface area contributed by atoms with E-state index in [0.29, 0.717) is 17.5 Å². The Kier molecular flexibility index (Phi) is 16.2. The zero-order valence-electron chi connectivity index (χ0n) is 67.7. The molecule has 0 fully saturated rings. The normalized spacial score (nSPS) is 13.3. The molecule has 23 aromatic rings. The summed E-state index contributed by atoms with van der Waals surface area (Å²) < 4.78 is 8.79. The van der Waals surface area contributed by atoms with E-state index < -0.39 is 10.8 Å². The van der Waals surface area contributed by atoms with E-state index in [2.05, 4.69) is 369 Å². The highest BCUT2D eigenvalue weighted by atomic mass is 32.2. The van der Waals surface area contributed by atoms with Crippen LogP contribution in [0.15, 0.2) is 443 Å². The molecule has 2 aliphatic heterocycles. The topological polar surface area (TPSA) is 95.4 Å². The van der Waals surface area contributed by atoms with Crippen molar-refractivity contribution in [2.45, 2.75) is 30.4 Å². The van der Waals surface area contributed by atoms with Crippen LogP contribution in [0.5, 0.6) is 0 Å². The molecule has 0 N–H and O–H groups in total. The number of para-hydroxylation sites is 5. The van der Waals surface area contributed by atoms with Gasteiger partial charge in [0.25, 0.3) is 0 Å². The lowest BCUT2D eigenvalue weighted by atomic mass is 9.67. The van der Waals surface area contributed by atoms with Crippen molar-refractivity contribution in [3.63, 3.8) is 0 Å². The lowest BCUT2D eigenvalue weighted by Crippen LogP contribution is -2.31. The molecule has 126 heavy (non-hydrogen) atoms. The van der Waals surface area contributed by atoms with Gasteiger partial charge >= 0.3 is 0 Å². The highest BCUT2D eigenvalue weighted by Crippen LogP contribution is 2.66. The first-order valence-electron chi connectivity index (χ1n) is 42.7. The molecule has 0 radical (unpaired) electrons. The molecule has 5 aromatic heterocycles. The molecule has 27 rings (SSSR count). The summed E-state index contributed by atoms with van der Waals surface area (Å²) in [4.78, 5) is 36.9. The number of imidazole rings is 1. The van der Waals surface area contributed by atoms with Crippen molar-refractivity contribution in [3.8, 4) is 107 Å². The third-order valence-corrected chi connectivity index (χ3v) is 28.6.